The first kappa shape index (κ1) is 13.8. The standard InChI is InChI=1S/C12H6BrClFNO3/c13-6-3-8(12(17)18)11(16-5-6)19-10-2-1-7(15)4-9(10)14/h1-5H,(H,17,18). The predicted octanol–water partition coefficient (Wildman–Crippen LogP) is 4.13. The molecule has 4 nitrogen and oxygen atoms in total. The van der Waals surface area contributed by atoms with Crippen LogP contribution in [0.3, 0.4) is 0 Å². The van der Waals surface area contributed by atoms with Gasteiger partial charge in [0.1, 0.15) is 17.1 Å². The SMILES string of the molecule is O=C(O)c1cc(Br)cnc1Oc1ccc(F)cc1Cl. The fraction of sp³-hybridized carbons (Fsp3) is 0. The quantitative estimate of drug-likeness (QED) is 0.908. The number of carboxylic acid groups (broad SMARTS) is 1. The van der Waals surface area contributed by atoms with Gasteiger partial charge in [0, 0.05) is 10.7 Å². The molecule has 1 N–H and O–H groups in total. The number of carboxylic acids is 1. The van der Waals surface area contributed by atoms with Crippen LogP contribution in [0, 0.1) is 5.82 Å². The lowest BCUT2D eigenvalue weighted by Gasteiger charge is -2.09. The number of pyridine rings is 1. The zero-order valence-electron chi connectivity index (χ0n) is 9.23. The van der Waals surface area contributed by atoms with Crippen molar-refractivity contribution in [1.82, 2.24) is 4.98 Å². The average Bonchev–Trinajstić information content (AvgIpc) is 2.34. The zero-order chi connectivity index (χ0) is 14.0. The van der Waals surface area contributed by atoms with E-state index < -0.39 is 11.8 Å². The van der Waals surface area contributed by atoms with Gasteiger partial charge >= 0.3 is 5.97 Å². The molecule has 0 aliphatic carbocycles. The number of halogens is 3. The smallest absolute Gasteiger partial charge is 0.341 e. The molecule has 1 aromatic carbocycles. The second kappa shape index (κ2) is 5.54. The van der Waals surface area contributed by atoms with E-state index in [0.29, 0.717) is 4.47 Å². The monoisotopic (exact) mass is 345 g/mol. The predicted molar refractivity (Wildman–Crippen MR) is 70.4 cm³/mol. The van der Waals surface area contributed by atoms with Gasteiger partial charge < -0.3 is 9.84 Å². The summed E-state index contributed by atoms with van der Waals surface area (Å²) in [5.74, 6) is -1.70. The van der Waals surface area contributed by atoms with Gasteiger partial charge in [0.15, 0.2) is 0 Å². The van der Waals surface area contributed by atoms with Crippen LogP contribution in [-0.4, -0.2) is 16.1 Å². The van der Waals surface area contributed by atoms with Crippen LogP contribution in [0.2, 0.25) is 5.02 Å². The van der Waals surface area contributed by atoms with Crippen molar-refractivity contribution in [3.63, 3.8) is 0 Å². The second-order valence-electron chi connectivity index (χ2n) is 3.49. The molecule has 0 radical (unpaired) electrons. The molecule has 0 saturated heterocycles. The van der Waals surface area contributed by atoms with Gasteiger partial charge in [-0.1, -0.05) is 11.6 Å². The Bertz CT molecular complexity index is 651. The van der Waals surface area contributed by atoms with Gasteiger partial charge in [0.2, 0.25) is 5.88 Å². The van der Waals surface area contributed by atoms with Crippen molar-refractivity contribution >= 4 is 33.5 Å². The molecule has 2 rings (SSSR count). The fourth-order valence-electron chi connectivity index (χ4n) is 1.32. The molecule has 0 amide bonds. The van der Waals surface area contributed by atoms with E-state index in [1.165, 1.54) is 18.3 Å². The molecule has 0 fully saturated rings. The largest absolute Gasteiger partial charge is 0.477 e. The highest BCUT2D eigenvalue weighted by Gasteiger charge is 2.15. The molecule has 0 saturated carbocycles. The first-order valence-corrected chi connectivity index (χ1v) is 6.16. The topological polar surface area (TPSA) is 59.4 Å². The molecule has 0 aliphatic rings. The van der Waals surface area contributed by atoms with E-state index in [0.717, 1.165) is 12.1 Å². The van der Waals surface area contributed by atoms with Crippen molar-refractivity contribution in [3.8, 4) is 11.6 Å². The Morgan fingerprint density at radius 3 is 2.79 bits per heavy atom. The summed E-state index contributed by atoms with van der Waals surface area (Å²) in [6.45, 7) is 0. The maximum absolute atomic E-state index is 12.9. The summed E-state index contributed by atoms with van der Waals surface area (Å²) in [5, 5.41) is 9.08. The molecule has 98 valence electrons. The maximum atomic E-state index is 12.9. The van der Waals surface area contributed by atoms with Crippen molar-refractivity contribution in [2.45, 2.75) is 0 Å². The van der Waals surface area contributed by atoms with Crippen LogP contribution in [0.15, 0.2) is 34.9 Å². The summed E-state index contributed by atoms with van der Waals surface area (Å²) in [5.41, 5.74) is -0.130. The van der Waals surface area contributed by atoms with E-state index in [1.54, 1.807) is 0 Å². The molecule has 0 aliphatic heterocycles. The highest BCUT2D eigenvalue weighted by Crippen LogP contribution is 2.31. The average molecular weight is 347 g/mol. The molecule has 19 heavy (non-hydrogen) atoms. The lowest BCUT2D eigenvalue weighted by atomic mass is 10.3. The van der Waals surface area contributed by atoms with Crippen LogP contribution >= 0.6 is 27.5 Å². The van der Waals surface area contributed by atoms with Crippen LogP contribution < -0.4 is 4.74 Å². The Balaban J connectivity index is 2.40. The molecule has 1 aromatic heterocycles. The minimum Gasteiger partial charge on any atom is -0.477 e. The number of carbonyl (C=O) groups is 1. The van der Waals surface area contributed by atoms with E-state index in [-0.39, 0.29) is 22.2 Å². The van der Waals surface area contributed by atoms with E-state index in [2.05, 4.69) is 20.9 Å². The number of hydrogen-bond acceptors (Lipinski definition) is 3. The number of ether oxygens (including phenoxy) is 1. The molecule has 7 heteroatoms. The number of aromatic nitrogens is 1. The summed E-state index contributed by atoms with van der Waals surface area (Å²) in [4.78, 5) is 14.9. The molecule has 0 spiro atoms. The Hall–Kier alpha value is -1.66. The fourth-order valence-corrected chi connectivity index (χ4v) is 1.86. The lowest BCUT2D eigenvalue weighted by molar-refractivity contribution is 0.0693. The van der Waals surface area contributed by atoms with Gasteiger partial charge in [-0.2, -0.15) is 0 Å². The second-order valence-corrected chi connectivity index (χ2v) is 4.81. The van der Waals surface area contributed by atoms with E-state index in [9.17, 15) is 9.18 Å². The number of nitrogens with zero attached hydrogens (tertiary/aromatic N) is 1. The van der Waals surface area contributed by atoms with Crippen LogP contribution in [0.4, 0.5) is 4.39 Å². The third-order valence-corrected chi connectivity index (χ3v) is 2.88. The first-order chi connectivity index (χ1) is 8.97. The van der Waals surface area contributed by atoms with Gasteiger partial charge in [0.25, 0.3) is 0 Å². The van der Waals surface area contributed by atoms with Crippen molar-refractivity contribution in [2.24, 2.45) is 0 Å². The number of benzene rings is 1. The van der Waals surface area contributed by atoms with Crippen LogP contribution in [0.1, 0.15) is 10.4 Å². The van der Waals surface area contributed by atoms with Crippen LogP contribution in [0.5, 0.6) is 11.6 Å². The molecule has 0 bridgehead atoms. The summed E-state index contributed by atoms with van der Waals surface area (Å²) >= 11 is 8.91. The van der Waals surface area contributed by atoms with E-state index >= 15 is 0 Å². The van der Waals surface area contributed by atoms with Gasteiger partial charge in [0.05, 0.1) is 5.02 Å². The Morgan fingerprint density at radius 1 is 1.42 bits per heavy atom. The van der Waals surface area contributed by atoms with Gasteiger partial charge in [-0.25, -0.2) is 14.2 Å². The molecule has 2 aromatic rings. The number of hydrogen-bond donors (Lipinski definition) is 1. The molecule has 0 atom stereocenters. The van der Waals surface area contributed by atoms with Crippen LogP contribution in [0.25, 0.3) is 0 Å². The van der Waals surface area contributed by atoms with E-state index in [4.69, 9.17) is 21.4 Å². The Kier molecular flexibility index (Phi) is 4.01. The van der Waals surface area contributed by atoms with Crippen molar-refractivity contribution in [2.75, 3.05) is 0 Å². The highest BCUT2D eigenvalue weighted by molar-refractivity contribution is 9.10. The molecular formula is C12H6BrClFNO3. The van der Waals surface area contributed by atoms with Crippen molar-refractivity contribution in [1.29, 1.82) is 0 Å². The van der Waals surface area contributed by atoms with Gasteiger partial charge in [-0.15, -0.1) is 0 Å². The summed E-state index contributed by atoms with van der Waals surface area (Å²) in [6, 6.07) is 4.87. The third-order valence-electron chi connectivity index (χ3n) is 2.15. The third kappa shape index (κ3) is 3.21. The maximum Gasteiger partial charge on any atom is 0.341 e. The van der Waals surface area contributed by atoms with Crippen LogP contribution in [-0.2, 0) is 0 Å². The van der Waals surface area contributed by atoms with Gasteiger partial charge in [-0.05, 0) is 40.2 Å². The summed E-state index contributed by atoms with van der Waals surface area (Å²) in [7, 11) is 0. The summed E-state index contributed by atoms with van der Waals surface area (Å²) in [6.07, 6.45) is 1.39. The normalized spacial score (nSPS) is 10.3. The van der Waals surface area contributed by atoms with Gasteiger partial charge in [-0.3, -0.25) is 0 Å². The number of aromatic carboxylic acids is 1. The molecule has 1 heterocycles. The number of rotatable bonds is 3. The molecular weight excluding hydrogens is 340 g/mol. The lowest BCUT2D eigenvalue weighted by Crippen LogP contribution is -2.02. The zero-order valence-corrected chi connectivity index (χ0v) is 11.6. The minimum absolute atomic E-state index is 0.0288. The molecule has 0 unspecified atom stereocenters. The van der Waals surface area contributed by atoms with Crippen molar-refractivity contribution in [3.05, 3.63) is 51.3 Å². The summed E-state index contributed by atoms with van der Waals surface area (Å²) < 4.78 is 18.7. The Labute approximate surface area is 120 Å². The first-order valence-electron chi connectivity index (χ1n) is 4.99. The van der Waals surface area contributed by atoms with E-state index in [1.807, 2.05) is 0 Å². The Morgan fingerprint density at radius 2 is 2.16 bits per heavy atom. The van der Waals surface area contributed by atoms with Crippen molar-refractivity contribution < 1.29 is 19.0 Å². The highest BCUT2D eigenvalue weighted by atomic mass is 79.9. The minimum atomic E-state index is -1.19.